The van der Waals surface area contributed by atoms with Gasteiger partial charge in [-0.2, -0.15) is 0 Å². The minimum absolute atomic E-state index is 0. The molecule has 0 aliphatic heterocycles. The van der Waals surface area contributed by atoms with Crippen molar-refractivity contribution >= 4 is 58.1 Å². The second-order valence-corrected chi connectivity index (χ2v) is 11.6. The van der Waals surface area contributed by atoms with Gasteiger partial charge in [-0.25, -0.2) is 0 Å². The van der Waals surface area contributed by atoms with Crippen LogP contribution in [-0.4, -0.2) is 58.1 Å². The first-order chi connectivity index (χ1) is 12.2. The predicted octanol–water partition coefficient (Wildman–Crippen LogP) is -17.0. The molecule has 0 heterocycles. The van der Waals surface area contributed by atoms with Crippen LogP contribution in [0, 0.1) is 83.5 Å². The third-order valence-electron chi connectivity index (χ3n) is 0. The summed E-state index contributed by atoms with van der Waals surface area (Å²) in [6.45, 7) is 0. The Hall–Kier alpha value is 4.43. The molecule has 0 amide bonds. The van der Waals surface area contributed by atoms with Gasteiger partial charge in [-0.05, 0) is 0 Å². The Bertz CT molecular complexity index is 504. The molecule has 0 aromatic rings. The maximum absolute atomic E-state index is 8.61. The van der Waals surface area contributed by atoms with Crippen LogP contribution in [0.4, 0.5) is 0 Å². The van der Waals surface area contributed by atoms with Gasteiger partial charge in [0.25, 0.3) is 0 Å². The van der Waals surface area contributed by atoms with Gasteiger partial charge < -0.3 is 0 Å². The summed E-state index contributed by atoms with van der Waals surface area (Å²) in [5.41, 5.74) is 0. The van der Waals surface area contributed by atoms with Crippen molar-refractivity contribution in [3.8, 4) is 0 Å². The molecule has 0 bridgehead atoms. The van der Waals surface area contributed by atoms with Gasteiger partial charge in [-0.1, -0.05) is 0 Å². The quantitative estimate of drug-likeness (QED) is 0.203. The van der Waals surface area contributed by atoms with E-state index in [4.69, 9.17) is 77.5 Å². The average Bonchev–Trinajstić information content (AvgIpc) is 2.20. The van der Waals surface area contributed by atoms with Crippen molar-refractivity contribution in [1.82, 2.24) is 0 Å². The van der Waals surface area contributed by atoms with Crippen LogP contribution in [0.25, 0.3) is 0 Å². The van der Waals surface area contributed by atoms with Crippen molar-refractivity contribution in [1.29, 1.82) is 0 Å². The van der Waals surface area contributed by atoms with Crippen LogP contribution in [0.3, 0.4) is 0 Å². The Balaban J connectivity index is -0.0000000220. The van der Waals surface area contributed by atoms with Gasteiger partial charge in [0, 0.05) is 0 Å². The Kier molecular flexibility index (Phi) is 87.0. The van der Waals surface area contributed by atoms with E-state index < -0.39 is 142 Å². The predicted molar refractivity (Wildman–Crippen MR) is 29.9 cm³/mol. The molecule has 32 heavy (non-hydrogen) atoms. The van der Waals surface area contributed by atoms with Crippen molar-refractivity contribution in [3.05, 3.63) is 0 Å². The zero-order valence-electron chi connectivity index (χ0n) is 13.3. The monoisotopic (exact) mass is 1540 g/mol. The summed E-state index contributed by atoms with van der Waals surface area (Å²) in [5, 5.41) is 0. The molecule has 0 aliphatic carbocycles. The molecule has 0 saturated carbocycles. The Morgan fingerprint density at radius 2 is 0.312 bits per heavy atom. The van der Waals surface area contributed by atoms with Crippen LogP contribution in [-0.2, 0) is 78.7 Å². The molecule has 32 heteroatoms. The van der Waals surface area contributed by atoms with Crippen molar-refractivity contribution in [2.45, 2.75) is 0 Å². The van der Waals surface area contributed by atoms with Crippen LogP contribution >= 0.6 is 0 Å². The average molecular weight is 1540 g/mol. The van der Waals surface area contributed by atoms with Crippen molar-refractivity contribution in [2.24, 2.45) is 0 Å². The van der Waals surface area contributed by atoms with Gasteiger partial charge in [0.1, 0.15) is 0 Å². The first kappa shape index (κ1) is 65.5. The topological polar surface area (TPSA) is 447 Å². The van der Waals surface area contributed by atoms with E-state index in [0.29, 0.717) is 0 Å². The third kappa shape index (κ3) is 1960. The molecule has 0 rings (SSSR count). The van der Waals surface area contributed by atoms with E-state index in [9.17, 15) is 0 Å². The summed E-state index contributed by atoms with van der Waals surface area (Å²) in [6, 6.07) is 0. The van der Waals surface area contributed by atoms with E-state index >= 15 is 0 Å². The summed E-state index contributed by atoms with van der Waals surface area (Å²) in [5.74, 6) is 0. The molecule has 0 N–H and O–H groups in total. The van der Waals surface area contributed by atoms with E-state index in [1.165, 1.54) is 0 Å². The summed E-state index contributed by atoms with van der Waals surface area (Å²) >= 11 is -31.0. The van der Waals surface area contributed by atoms with Gasteiger partial charge in [0.15, 0.2) is 0 Å². The number of hydrogen-bond acceptors (Lipinski definition) is 22. The molecule has 22 nitrogen and oxygen atoms in total. The van der Waals surface area contributed by atoms with Gasteiger partial charge in [-0.15, -0.1) is 0 Å². The SMILES string of the molecule is O=[As]([O-])([O-])[O-].O=[As]([O-])([O-])[O-].O=[As]([O-])([O-])[O-].O=[As]([O-])([O-])[O-].[Co+2].[Co+2].[Co+2].[O]=[U+2]=[O].[O]=[U+2]=[O].[O]=[U+2]=[O]. The number of rotatable bonds is 0. The molecular weight excluding hydrogens is 1540 g/mol. The molecule has 0 atom stereocenters. The van der Waals surface area contributed by atoms with Gasteiger partial charge in [-0.3, -0.25) is 0 Å². The molecule has 191 valence electrons. The molecule has 0 aromatic carbocycles. The van der Waals surface area contributed by atoms with Crippen LogP contribution < -0.4 is 49.1 Å². The van der Waals surface area contributed by atoms with Gasteiger partial charge >= 0.3 is 269 Å². The molecule has 0 aliphatic rings. The summed E-state index contributed by atoms with van der Waals surface area (Å²) < 4.78 is 189. The van der Waals surface area contributed by atoms with Crippen molar-refractivity contribution < 1.29 is 211 Å². The minimum atomic E-state index is -5.88. The van der Waals surface area contributed by atoms with Gasteiger partial charge in [0.2, 0.25) is 0 Å². The zero-order chi connectivity index (χ0) is 26.1. The van der Waals surface area contributed by atoms with Crippen molar-refractivity contribution in [2.75, 3.05) is 0 Å². The second-order valence-electron chi connectivity index (χ2n) is 2.04. The third-order valence-corrected chi connectivity index (χ3v) is 0. The molecule has 3 radical (unpaired) electrons. The van der Waals surface area contributed by atoms with Crippen LogP contribution in [0.2, 0.25) is 0 Å². The molecule has 0 aromatic heterocycles. The summed E-state index contributed by atoms with van der Waals surface area (Å²) in [7, 11) is 0. The first-order valence-corrected chi connectivity index (χ1v) is 26.6. The Morgan fingerprint density at radius 1 is 0.312 bits per heavy atom. The molecule has 0 unspecified atom stereocenters. The van der Waals surface area contributed by atoms with E-state index in [-0.39, 0.29) is 50.3 Å². The fraction of sp³-hybridized carbons (Fsp3) is 0. The molecular formula is As4Co3O22U3. The normalized spacial score (nSPS) is 8.12. The Labute approximate surface area is 264 Å². The zero-order valence-corrected chi connectivity index (χ0v) is 36.4. The molecule has 0 fully saturated rings. The first-order valence-electron chi connectivity index (χ1n) is 4.15. The van der Waals surface area contributed by atoms with E-state index in [1.54, 1.807) is 0 Å². The summed E-state index contributed by atoms with van der Waals surface area (Å²) in [6.07, 6.45) is 0. The van der Waals surface area contributed by atoms with Gasteiger partial charge in [0.05, 0.1) is 0 Å². The van der Waals surface area contributed by atoms with E-state index in [2.05, 4.69) is 0 Å². The molecule has 0 spiro atoms. The van der Waals surface area contributed by atoms with Crippen LogP contribution in [0.1, 0.15) is 0 Å². The fourth-order valence-corrected chi connectivity index (χ4v) is 0. The van der Waals surface area contributed by atoms with E-state index in [1.807, 2.05) is 0 Å². The Morgan fingerprint density at radius 3 is 0.312 bits per heavy atom. The maximum atomic E-state index is 8.61. The van der Waals surface area contributed by atoms with Crippen LogP contribution in [0.5, 0.6) is 0 Å². The number of hydrogen-bond donors (Lipinski definition) is 0. The van der Waals surface area contributed by atoms with Crippen LogP contribution in [0.15, 0.2) is 0 Å². The summed E-state index contributed by atoms with van der Waals surface area (Å²) in [4.78, 5) is 0. The van der Waals surface area contributed by atoms with E-state index in [0.717, 1.165) is 0 Å². The second kappa shape index (κ2) is 42.5. The van der Waals surface area contributed by atoms with Crippen molar-refractivity contribution in [3.63, 3.8) is 0 Å². The fourth-order valence-electron chi connectivity index (χ4n) is 0. The standard InChI is InChI=1S/4AsH3O4.3Co.6O.3U/c4*2-1(3,4)5;;;;;;;;;;;;/h4*(H3,2,3,4,5);;;;;;;;;;;;/q;;;;3*+2;;;;;;;3*+2/p-12. The molecule has 0 saturated heterocycles.